The van der Waals surface area contributed by atoms with Crippen LogP contribution >= 0.6 is 11.6 Å². The zero-order valence-electron chi connectivity index (χ0n) is 5.53. The number of para-hydroxylation sites is 1. The van der Waals surface area contributed by atoms with Crippen molar-refractivity contribution in [3.8, 4) is 5.75 Å². The van der Waals surface area contributed by atoms with E-state index in [1.165, 1.54) is 6.07 Å². The van der Waals surface area contributed by atoms with Gasteiger partial charge in [-0.25, -0.2) is 0 Å². The molecular weight excluding hydrogens is 166 g/mol. The molecule has 0 saturated heterocycles. The molecule has 0 atom stereocenters. The zero-order valence-corrected chi connectivity index (χ0v) is 6.28. The van der Waals surface area contributed by atoms with Crippen molar-refractivity contribution in [2.24, 2.45) is 5.16 Å². The minimum absolute atomic E-state index is 0.00435. The smallest absolute Gasteiger partial charge is 0.179 e. The van der Waals surface area contributed by atoms with Crippen LogP contribution in [0.25, 0.3) is 0 Å². The summed E-state index contributed by atoms with van der Waals surface area (Å²) in [6.45, 7) is 0. The average molecular weight is 172 g/mol. The van der Waals surface area contributed by atoms with Crippen molar-refractivity contribution < 1.29 is 10.3 Å². The predicted octanol–water partition coefficient (Wildman–Crippen LogP) is 1.77. The Bertz CT molecular complexity index is 286. The van der Waals surface area contributed by atoms with E-state index in [0.29, 0.717) is 5.56 Å². The van der Waals surface area contributed by atoms with Crippen molar-refractivity contribution in [2.45, 2.75) is 0 Å². The van der Waals surface area contributed by atoms with Crippen LogP contribution < -0.4 is 0 Å². The van der Waals surface area contributed by atoms with Gasteiger partial charge in [-0.2, -0.15) is 0 Å². The molecule has 3 nitrogen and oxygen atoms in total. The Morgan fingerprint density at radius 2 is 2.00 bits per heavy atom. The van der Waals surface area contributed by atoms with Gasteiger partial charge < -0.3 is 10.3 Å². The molecule has 0 aliphatic carbocycles. The maximum atomic E-state index is 9.14. The SMILES string of the molecule is ON=C(Cl)c1ccccc1O. The molecule has 2 N–H and O–H groups in total. The van der Waals surface area contributed by atoms with Gasteiger partial charge in [-0.3, -0.25) is 0 Å². The lowest BCUT2D eigenvalue weighted by Gasteiger charge is -1.97. The molecule has 0 spiro atoms. The lowest BCUT2D eigenvalue weighted by atomic mass is 10.2. The number of benzene rings is 1. The Balaban J connectivity index is 3.14. The first-order valence-corrected chi connectivity index (χ1v) is 3.29. The van der Waals surface area contributed by atoms with Crippen molar-refractivity contribution in [3.05, 3.63) is 29.8 Å². The Labute approximate surface area is 68.5 Å². The minimum Gasteiger partial charge on any atom is -0.507 e. The molecule has 0 heterocycles. The van der Waals surface area contributed by atoms with E-state index in [0.717, 1.165) is 0 Å². The number of rotatable bonds is 1. The van der Waals surface area contributed by atoms with Gasteiger partial charge in [0.2, 0.25) is 0 Å². The van der Waals surface area contributed by atoms with Crippen molar-refractivity contribution in [2.75, 3.05) is 0 Å². The first-order valence-electron chi connectivity index (χ1n) is 2.91. The summed E-state index contributed by atoms with van der Waals surface area (Å²) in [6.07, 6.45) is 0. The van der Waals surface area contributed by atoms with Crippen LogP contribution in [0.4, 0.5) is 0 Å². The molecule has 1 rings (SSSR count). The summed E-state index contributed by atoms with van der Waals surface area (Å²) in [7, 11) is 0. The highest BCUT2D eigenvalue weighted by Crippen LogP contribution is 2.17. The van der Waals surface area contributed by atoms with Gasteiger partial charge in [0, 0.05) is 0 Å². The summed E-state index contributed by atoms with van der Waals surface area (Å²) in [6, 6.07) is 6.35. The van der Waals surface area contributed by atoms with Crippen molar-refractivity contribution >= 4 is 16.8 Å². The Kier molecular flexibility index (Phi) is 2.33. The maximum Gasteiger partial charge on any atom is 0.179 e. The standard InChI is InChI=1S/C7H6ClNO2/c8-7(9-11)5-3-1-2-4-6(5)10/h1-4,10-11H. The average Bonchev–Trinajstić information content (AvgIpc) is 2.04. The first-order chi connectivity index (χ1) is 5.25. The van der Waals surface area contributed by atoms with Gasteiger partial charge in [0.1, 0.15) is 5.75 Å². The Morgan fingerprint density at radius 3 is 2.55 bits per heavy atom. The maximum absolute atomic E-state index is 9.14. The number of hydrogen-bond donors (Lipinski definition) is 2. The highest BCUT2D eigenvalue weighted by molar-refractivity contribution is 6.69. The molecule has 0 radical (unpaired) electrons. The number of halogens is 1. The van der Waals surface area contributed by atoms with Crippen LogP contribution in [0.3, 0.4) is 0 Å². The third-order valence-electron chi connectivity index (χ3n) is 1.21. The largest absolute Gasteiger partial charge is 0.507 e. The molecule has 0 aromatic heterocycles. The Hall–Kier alpha value is -1.22. The molecule has 0 aliphatic heterocycles. The van der Waals surface area contributed by atoms with E-state index < -0.39 is 0 Å². The lowest BCUT2D eigenvalue weighted by molar-refractivity contribution is 0.320. The van der Waals surface area contributed by atoms with Crippen LogP contribution in [0.15, 0.2) is 29.4 Å². The third kappa shape index (κ3) is 1.62. The fraction of sp³-hybridized carbons (Fsp3) is 0. The van der Waals surface area contributed by atoms with Crippen LogP contribution in [0, 0.1) is 0 Å². The molecule has 0 fully saturated rings. The highest BCUT2D eigenvalue weighted by Gasteiger charge is 2.04. The van der Waals surface area contributed by atoms with Crippen LogP contribution in [0.5, 0.6) is 5.75 Å². The third-order valence-corrected chi connectivity index (χ3v) is 1.49. The van der Waals surface area contributed by atoms with Gasteiger partial charge in [-0.1, -0.05) is 28.9 Å². The molecule has 0 aliphatic rings. The second-order valence-electron chi connectivity index (χ2n) is 1.91. The molecule has 0 unspecified atom stereocenters. The van der Waals surface area contributed by atoms with E-state index in [-0.39, 0.29) is 10.9 Å². The van der Waals surface area contributed by atoms with Crippen LogP contribution in [0.1, 0.15) is 5.56 Å². The van der Waals surface area contributed by atoms with Gasteiger partial charge in [0.25, 0.3) is 0 Å². The van der Waals surface area contributed by atoms with Gasteiger partial charge in [0.15, 0.2) is 5.17 Å². The van der Waals surface area contributed by atoms with Crippen molar-refractivity contribution in [1.29, 1.82) is 0 Å². The lowest BCUT2D eigenvalue weighted by Crippen LogP contribution is -1.90. The molecule has 11 heavy (non-hydrogen) atoms. The summed E-state index contributed by atoms with van der Waals surface area (Å²) in [5.74, 6) is -0.00435. The van der Waals surface area contributed by atoms with E-state index in [1.54, 1.807) is 18.2 Å². The molecule has 4 heteroatoms. The minimum atomic E-state index is -0.122. The molecule has 0 amide bonds. The number of hydrogen-bond acceptors (Lipinski definition) is 3. The summed E-state index contributed by atoms with van der Waals surface area (Å²) >= 11 is 5.44. The summed E-state index contributed by atoms with van der Waals surface area (Å²) < 4.78 is 0. The number of aromatic hydroxyl groups is 1. The van der Waals surface area contributed by atoms with Gasteiger partial charge >= 0.3 is 0 Å². The number of oxime groups is 1. The summed E-state index contributed by atoms with van der Waals surface area (Å²) in [5.41, 5.74) is 0.316. The topological polar surface area (TPSA) is 52.8 Å². The van der Waals surface area contributed by atoms with Crippen LogP contribution in [0.2, 0.25) is 0 Å². The first kappa shape index (κ1) is 7.88. The van der Waals surface area contributed by atoms with E-state index in [9.17, 15) is 0 Å². The molecule has 1 aromatic carbocycles. The molecule has 0 saturated carbocycles. The number of phenolic OH excluding ortho intramolecular Hbond substituents is 1. The molecular formula is C7H6ClNO2. The van der Waals surface area contributed by atoms with Gasteiger partial charge in [-0.15, -0.1) is 0 Å². The second-order valence-corrected chi connectivity index (χ2v) is 2.27. The summed E-state index contributed by atoms with van der Waals surface area (Å²) in [4.78, 5) is 0. The zero-order chi connectivity index (χ0) is 8.27. The highest BCUT2D eigenvalue weighted by atomic mass is 35.5. The normalized spacial score (nSPS) is 11.5. The van der Waals surface area contributed by atoms with Crippen molar-refractivity contribution in [3.63, 3.8) is 0 Å². The van der Waals surface area contributed by atoms with E-state index in [2.05, 4.69) is 5.16 Å². The van der Waals surface area contributed by atoms with Gasteiger partial charge in [-0.05, 0) is 12.1 Å². The van der Waals surface area contributed by atoms with E-state index in [4.69, 9.17) is 21.9 Å². The van der Waals surface area contributed by atoms with E-state index in [1.807, 2.05) is 0 Å². The quantitative estimate of drug-likeness (QED) is 0.384. The van der Waals surface area contributed by atoms with Crippen molar-refractivity contribution in [1.82, 2.24) is 0 Å². The fourth-order valence-electron chi connectivity index (χ4n) is 0.702. The molecule has 58 valence electrons. The van der Waals surface area contributed by atoms with Gasteiger partial charge in [0.05, 0.1) is 5.56 Å². The van der Waals surface area contributed by atoms with Crippen LogP contribution in [-0.4, -0.2) is 15.5 Å². The molecule has 1 aromatic rings. The summed E-state index contributed by atoms with van der Waals surface area (Å²) in [5, 5.41) is 20.0. The second kappa shape index (κ2) is 3.25. The predicted molar refractivity (Wildman–Crippen MR) is 42.3 cm³/mol. The number of phenols is 1. The Morgan fingerprint density at radius 1 is 1.36 bits per heavy atom. The van der Waals surface area contributed by atoms with E-state index >= 15 is 0 Å². The monoisotopic (exact) mass is 171 g/mol. The molecule has 0 bridgehead atoms. The van der Waals surface area contributed by atoms with Crippen LogP contribution in [-0.2, 0) is 0 Å². The fourth-order valence-corrected chi connectivity index (χ4v) is 0.862. The number of nitrogens with zero attached hydrogens (tertiary/aromatic N) is 1.